The molecule has 2 aromatic carbocycles. The quantitative estimate of drug-likeness (QED) is 0.753. The fraction of sp³-hybridized carbons (Fsp3) is 0.111. The molecular weight excluding hydrogens is 308 g/mol. The van der Waals surface area contributed by atoms with E-state index in [2.05, 4.69) is 16.7 Å². The lowest BCUT2D eigenvalue weighted by Gasteiger charge is -2.04. The molecule has 0 spiro atoms. The molecule has 1 aromatic heterocycles. The monoisotopic (exact) mass is 324 g/mol. The van der Waals surface area contributed by atoms with E-state index in [0.717, 1.165) is 17.0 Å². The Balaban J connectivity index is 1.70. The molecule has 3 aromatic rings. The van der Waals surface area contributed by atoms with Gasteiger partial charge in [-0.25, -0.2) is 0 Å². The van der Waals surface area contributed by atoms with Gasteiger partial charge in [-0.15, -0.1) is 0 Å². The summed E-state index contributed by atoms with van der Waals surface area (Å²) in [6.45, 7) is 0. The van der Waals surface area contributed by atoms with Crippen molar-refractivity contribution >= 4 is 23.4 Å². The minimum Gasteiger partial charge on any atom is -0.350 e. The second kappa shape index (κ2) is 7.15. The number of anilines is 1. The van der Waals surface area contributed by atoms with Crippen LogP contribution < -0.4 is 5.32 Å². The number of benzene rings is 2. The van der Waals surface area contributed by atoms with E-state index < -0.39 is 0 Å². The molecule has 1 N–H and O–H groups in total. The summed E-state index contributed by atoms with van der Waals surface area (Å²) in [6.07, 6.45) is 2.06. The van der Waals surface area contributed by atoms with E-state index in [9.17, 15) is 4.79 Å². The zero-order chi connectivity index (χ0) is 16.1. The number of thioether (sulfide) groups is 1. The Labute approximate surface area is 138 Å². The van der Waals surface area contributed by atoms with E-state index in [-0.39, 0.29) is 11.7 Å². The molecule has 1 amide bonds. The number of nitrogens with zero attached hydrogens (tertiary/aromatic N) is 1. The second-order valence-electron chi connectivity index (χ2n) is 5.03. The first-order valence-electron chi connectivity index (χ1n) is 7.17. The molecule has 0 aliphatic carbocycles. The Morgan fingerprint density at radius 1 is 1.13 bits per heavy atom. The average molecular weight is 324 g/mol. The molecule has 0 aliphatic heterocycles. The lowest BCUT2D eigenvalue weighted by molar-refractivity contribution is 0.0988. The highest BCUT2D eigenvalue weighted by atomic mass is 32.2. The summed E-state index contributed by atoms with van der Waals surface area (Å²) in [6, 6.07) is 19.0. The van der Waals surface area contributed by atoms with Gasteiger partial charge in [0, 0.05) is 23.1 Å². The van der Waals surface area contributed by atoms with Crippen LogP contribution in [0.15, 0.2) is 65.2 Å². The van der Waals surface area contributed by atoms with Crippen molar-refractivity contribution in [3.05, 3.63) is 72.0 Å². The smallest absolute Gasteiger partial charge is 0.294 e. The van der Waals surface area contributed by atoms with Crippen molar-refractivity contribution in [3.63, 3.8) is 0 Å². The van der Waals surface area contributed by atoms with E-state index >= 15 is 0 Å². The number of hydrogen-bond acceptors (Lipinski definition) is 4. The van der Waals surface area contributed by atoms with E-state index in [4.69, 9.17) is 4.52 Å². The zero-order valence-electron chi connectivity index (χ0n) is 12.7. The van der Waals surface area contributed by atoms with E-state index in [1.165, 1.54) is 5.56 Å². The Hall–Kier alpha value is -2.53. The van der Waals surface area contributed by atoms with Gasteiger partial charge in [0.1, 0.15) is 5.69 Å². The third-order valence-electron chi connectivity index (χ3n) is 3.33. The van der Waals surface area contributed by atoms with Gasteiger partial charge in [-0.1, -0.05) is 47.6 Å². The summed E-state index contributed by atoms with van der Waals surface area (Å²) < 4.78 is 5.15. The van der Waals surface area contributed by atoms with E-state index in [0.29, 0.717) is 5.69 Å². The summed E-state index contributed by atoms with van der Waals surface area (Å²) in [7, 11) is 0. The van der Waals surface area contributed by atoms with Crippen LogP contribution in [0.5, 0.6) is 0 Å². The summed E-state index contributed by atoms with van der Waals surface area (Å²) in [4.78, 5) is 12.2. The third-order valence-corrected chi connectivity index (χ3v) is 3.95. The van der Waals surface area contributed by atoms with Crippen molar-refractivity contribution in [1.29, 1.82) is 0 Å². The van der Waals surface area contributed by atoms with Crippen LogP contribution in [0.1, 0.15) is 16.1 Å². The first-order chi connectivity index (χ1) is 11.3. The van der Waals surface area contributed by atoms with Gasteiger partial charge in [0.15, 0.2) is 0 Å². The standard InChI is InChI=1S/C18H16N2O2S/c1-23-12-13-7-9-15(10-8-13)19-18(21)17-11-16(20-22-17)14-5-3-2-4-6-14/h2-11H,12H2,1H3,(H,19,21). The van der Waals surface area contributed by atoms with Crippen LogP contribution in [-0.4, -0.2) is 17.3 Å². The molecule has 5 heteroatoms. The lowest BCUT2D eigenvalue weighted by Crippen LogP contribution is -2.10. The van der Waals surface area contributed by atoms with Crippen molar-refractivity contribution in [3.8, 4) is 11.3 Å². The number of rotatable bonds is 5. The number of hydrogen-bond donors (Lipinski definition) is 1. The van der Waals surface area contributed by atoms with Gasteiger partial charge in [-0.05, 0) is 24.0 Å². The van der Waals surface area contributed by atoms with E-state index in [1.807, 2.05) is 54.6 Å². The molecule has 0 saturated heterocycles. The van der Waals surface area contributed by atoms with Gasteiger partial charge >= 0.3 is 0 Å². The molecule has 0 aliphatic rings. The molecule has 1 heterocycles. The predicted octanol–water partition coefficient (Wildman–Crippen LogP) is 4.46. The van der Waals surface area contributed by atoms with Crippen LogP contribution in [0.25, 0.3) is 11.3 Å². The molecule has 0 saturated carbocycles. The maximum Gasteiger partial charge on any atom is 0.294 e. The summed E-state index contributed by atoms with van der Waals surface area (Å²) in [5.74, 6) is 0.839. The minimum atomic E-state index is -0.308. The van der Waals surface area contributed by atoms with Crippen LogP contribution in [0.2, 0.25) is 0 Å². The maximum atomic E-state index is 12.2. The largest absolute Gasteiger partial charge is 0.350 e. The SMILES string of the molecule is CSCc1ccc(NC(=O)c2cc(-c3ccccc3)no2)cc1. The zero-order valence-corrected chi connectivity index (χ0v) is 13.5. The van der Waals surface area contributed by atoms with Gasteiger partial charge in [-0.2, -0.15) is 11.8 Å². The molecular formula is C18H16N2O2S. The van der Waals surface area contributed by atoms with Crippen molar-refractivity contribution in [2.24, 2.45) is 0 Å². The Morgan fingerprint density at radius 3 is 2.57 bits per heavy atom. The summed E-state index contributed by atoms with van der Waals surface area (Å²) >= 11 is 1.76. The number of amides is 1. The molecule has 0 bridgehead atoms. The predicted molar refractivity (Wildman–Crippen MR) is 93.6 cm³/mol. The van der Waals surface area contributed by atoms with Crippen LogP contribution >= 0.6 is 11.8 Å². The Morgan fingerprint density at radius 2 is 1.87 bits per heavy atom. The molecule has 4 nitrogen and oxygen atoms in total. The van der Waals surface area contributed by atoms with Crippen molar-refractivity contribution in [2.45, 2.75) is 5.75 Å². The molecule has 3 rings (SSSR count). The van der Waals surface area contributed by atoms with Crippen LogP contribution in [0.3, 0.4) is 0 Å². The first-order valence-corrected chi connectivity index (χ1v) is 8.57. The third kappa shape index (κ3) is 3.81. The topological polar surface area (TPSA) is 55.1 Å². The van der Waals surface area contributed by atoms with Gasteiger partial charge in [-0.3, -0.25) is 4.79 Å². The maximum absolute atomic E-state index is 12.2. The van der Waals surface area contributed by atoms with Gasteiger partial charge in [0.2, 0.25) is 5.76 Å². The molecule has 0 fully saturated rings. The molecule has 116 valence electrons. The van der Waals surface area contributed by atoms with Crippen LogP contribution in [0, 0.1) is 0 Å². The Bertz CT molecular complexity index is 782. The number of carbonyl (C=O) groups is 1. The lowest BCUT2D eigenvalue weighted by atomic mass is 10.1. The van der Waals surface area contributed by atoms with Crippen molar-refractivity contribution in [1.82, 2.24) is 5.16 Å². The van der Waals surface area contributed by atoms with E-state index in [1.54, 1.807) is 17.8 Å². The summed E-state index contributed by atoms with van der Waals surface area (Å²) in [5, 5.41) is 6.76. The molecule has 0 atom stereocenters. The summed E-state index contributed by atoms with van der Waals surface area (Å²) in [5.41, 5.74) is 3.52. The Kier molecular flexibility index (Phi) is 4.78. The molecule has 0 radical (unpaired) electrons. The fourth-order valence-corrected chi connectivity index (χ4v) is 2.70. The molecule has 23 heavy (non-hydrogen) atoms. The number of carbonyl (C=O) groups excluding carboxylic acids is 1. The van der Waals surface area contributed by atoms with Crippen LogP contribution in [0.4, 0.5) is 5.69 Å². The second-order valence-corrected chi connectivity index (χ2v) is 5.89. The average Bonchev–Trinajstić information content (AvgIpc) is 3.08. The number of aromatic nitrogens is 1. The number of nitrogens with one attached hydrogen (secondary N) is 1. The van der Waals surface area contributed by atoms with Crippen molar-refractivity contribution in [2.75, 3.05) is 11.6 Å². The molecule has 0 unspecified atom stereocenters. The highest BCUT2D eigenvalue weighted by Crippen LogP contribution is 2.20. The van der Waals surface area contributed by atoms with Gasteiger partial charge in [0.05, 0.1) is 0 Å². The van der Waals surface area contributed by atoms with Crippen LogP contribution in [-0.2, 0) is 5.75 Å². The highest BCUT2D eigenvalue weighted by Gasteiger charge is 2.14. The highest BCUT2D eigenvalue weighted by molar-refractivity contribution is 7.97. The normalized spacial score (nSPS) is 10.5. The van der Waals surface area contributed by atoms with Crippen molar-refractivity contribution < 1.29 is 9.32 Å². The fourth-order valence-electron chi connectivity index (χ4n) is 2.17. The van der Waals surface area contributed by atoms with Gasteiger partial charge < -0.3 is 9.84 Å². The first kappa shape index (κ1) is 15.4. The van der Waals surface area contributed by atoms with Gasteiger partial charge in [0.25, 0.3) is 5.91 Å². The minimum absolute atomic E-state index is 0.192.